The summed E-state index contributed by atoms with van der Waals surface area (Å²) in [5, 5.41) is 4.41. The second-order valence-corrected chi connectivity index (χ2v) is 6.79. The molecule has 0 fully saturated rings. The number of alkyl halides is 3. The molecule has 0 spiro atoms. The topological polar surface area (TPSA) is 63.9 Å². The van der Waals surface area contributed by atoms with E-state index in [2.05, 4.69) is 15.1 Å². The van der Waals surface area contributed by atoms with Crippen molar-refractivity contribution in [3.05, 3.63) is 29.8 Å². The molecule has 1 atom stereocenters. The van der Waals surface area contributed by atoms with Gasteiger partial charge in [-0.25, -0.2) is 14.6 Å². The number of carbonyl (C=O) groups is 1. The van der Waals surface area contributed by atoms with E-state index in [0.717, 1.165) is 4.68 Å². The number of hydrogen-bond donors (Lipinski definition) is 0. The van der Waals surface area contributed by atoms with Gasteiger partial charge < -0.3 is 0 Å². The summed E-state index contributed by atoms with van der Waals surface area (Å²) >= 11 is 1.36. The number of nitrogens with zero attached hydrogens (tertiary/aromatic N) is 5. The molecule has 0 radical (unpaired) electrons. The molecule has 25 heavy (non-hydrogen) atoms. The summed E-state index contributed by atoms with van der Waals surface area (Å²) in [5.41, 5.74) is 0.566. The molecule has 1 aliphatic rings. The molecular formula is C15H16F3N5OS. The molecule has 0 saturated heterocycles. The van der Waals surface area contributed by atoms with Crippen LogP contribution in [-0.4, -0.2) is 44.1 Å². The number of hydrogen-bond acceptors (Lipinski definition) is 5. The number of aromatic nitrogens is 4. The van der Waals surface area contributed by atoms with Gasteiger partial charge in [-0.15, -0.1) is 11.8 Å². The molecular weight excluding hydrogens is 355 g/mol. The largest absolute Gasteiger partial charge is 0.410 e. The van der Waals surface area contributed by atoms with Gasteiger partial charge in [-0.05, 0) is 19.1 Å². The van der Waals surface area contributed by atoms with Crippen LogP contribution in [-0.2, 0) is 0 Å². The van der Waals surface area contributed by atoms with Crippen LogP contribution in [0.5, 0.6) is 0 Å². The summed E-state index contributed by atoms with van der Waals surface area (Å²) in [4.78, 5) is 22.5. The number of rotatable bonds is 3. The van der Waals surface area contributed by atoms with Crippen LogP contribution >= 0.6 is 11.8 Å². The molecule has 0 N–H and O–H groups in total. The van der Waals surface area contributed by atoms with Crippen molar-refractivity contribution in [2.45, 2.75) is 37.5 Å². The van der Waals surface area contributed by atoms with Crippen molar-refractivity contribution >= 4 is 23.5 Å². The van der Waals surface area contributed by atoms with E-state index >= 15 is 0 Å². The first-order chi connectivity index (χ1) is 11.8. The smallest absolute Gasteiger partial charge is 0.291 e. The average molecular weight is 371 g/mol. The molecule has 1 amide bonds. The summed E-state index contributed by atoms with van der Waals surface area (Å²) in [7, 11) is 0. The van der Waals surface area contributed by atoms with Crippen LogP contribution in [0.1, 0.15) is 35.6 Å². The van der Waals surface area contributed by atoms with Gasteiger partial charge in [0.15, 0.2) is 11.7 Å². The fraction of sp³-hybridized carbons (Fsp3) is 0.467. The third-order valence-electron chi connectivity index (χ3n) is 3.81. The SMILES string of the molecule is CCSc1nccnc1C(=O)N1CCC(C(F)(F)F)n2nc(C)cc21. The Morgan fingerprint density at radius 2 is 2.08 bits per heavy atom. The Morgan fingerprint density at radius 3 is 2.76 bits per heavy atom. The number of fused-ring (bicyclic) bond motifs is 1. The van der Waals surface area contributed by atoms with Crippen molar-refractivity contribution in [2.75, 3.05) is 17.2 Å². The van der Waals surface area contributed by atoms with E-state index in [4.69, 9.17) is 0 Å². The van der Waals surface area contributed by atoms with Gasteiger partial charge in [0.1, 0.15) is 10.8 Å². The molecule has 1 unspecified atom stereocenters. The van der Waals surface area contributed by atoms with E-state index in [1.165, 1.54) is 35.1 Å². The van der Waals surface area contributed by atoms with Crippen LogP contribution < -0.4 is 4.90 Å². The highest BCUT2D eigenvalue weighted by Crippen LogP contribution is 2.40. The number of amides is 1. The molecule has 2 aromatic heterocycles. The van der Waals surface area contributed by atoms with Gasteiger partial charge in [0.2, 0.25) is 0 Å². The minimum Gasteiger partial charge on any atom is -0.291 e. The van der Waals surface area contributed by atoms with Crippen LogP contribution in [0, 0.1) is 6.92 Å². The summed E-state index contributed by atoms with van der Waals surface area (Å²) < 4.78 is 40.7. The molecule has 10 heteroatoms. The van der Waals surface area contributed by atoms with Crippen LogP contribution in [0.15, 0.2) is 23.5 Å². The Kier molecular flexibility index (Phi) is 4.72. The molecule has 6 nitrogen and oxygen atoms in total. The Balaban J connectivity index is 2.00. The first-order valence-corrected chi connectivity index (χ1v) is 8.70. The van der Waals surface area contributed by atoms with E-state index in [1.807, 2.05) is 6.92 Å². The molecule has 3 heterocycles. The second-order valence-electron chi connectivity index (χ2n) is 5.53. The summed E-state index contributed by atoms with van der Waals surface area (Å²) in [6, 6.07) is -0.245. The lowest BCUT2D eigenvalue weighted by molar-refractivity contribution is -0.172. The predicted molar refractivity (Wildman–Crippen MR) is 86.8 cm³/mol. The zero-order chi connectivity index (χ0) is 18.2. The van der Waals surface area contributed by atoms with Crippen LogP contribution in [0.25, 0.3) is 0 Å². The first kappa shape index (κ1) is 17.7. The highest BCUT2D eigenvalue weighted by atomic mass is 32.2. The zero-order valence-electron chi connectivity index (χ0n) is 13.6. The Hall–Kier alpha value is -2.10. The van der Waals surface area contributed by atoms with Gasteiger partial charge >= 0.3 is 6.18 Å². The lowest BCUT2D eigenvalue weighted by Crippen LogP contribution is -2.43. The van der Waals surface area contributed by atoms with Gasteiger partial charge in [-0.1, -0.05) is 6.92 Å². The monoisotopic (exact) mass is 371 g/mol. The quantitative estimate of drug-likeness (QED) is 0.775. The molecule has 0 aliphatic carbocycles. The first-order valence-electron chi connectivity index (χ1n) is 7.71. The van der Waals surface area contributed by atoms with E-state index in [0.29, 0.717) is 16.5 Å². The van der Waals surface area contributed by atoms with Gasteiger partial charge in [-0.3, -0.25) is 9.69 Å². The average Bonchev–Trinajstić information content (AvgIpc) is 2.94. The third kappa shape index (κ3) is 3.35. The van der Waals surface area contributed by atoms with Gasteiger partial charge in [0.05, 0.1) is 5.69 Å². The normalized spacial score (nSPS) is 17.5. The van der Waals surface area contributed by atoms with Crippen molar-refractivity contribution in [3.8, 4) is 0 Å². The van der Waals surface area contributed by atoms with Gasteiger partial charge in [0.25, 0.3) is 5.91 Å². The standard InChI is InChI=1S/C15H16F3N5OS/c1-3-25-13-12(19-5-6-20-13)14(24)22-7-4-10(15(16,17)18)23-11(22)8-9(2)21-23/h5-6,8,10H,3-4,7H2,1-2H3. The lowest BCUT2D eigenvalue weighted by atomic mass is 10.1. The fourth-order valence-electron chi connectivity index (χ4n) is 2.77. The molecule has 2 aromatic rings. The highest BCUT2D eigenvalue weighted by Gasteiger charge is 2.46. The van der Waals surface area contributed by atoms with E-state index in [1.54, 1.807) is 6.92 Å². The predicted octanol–water partition coefficient (Wildman–Crippen LogP) is 3.25. The fourth-order valence-corrected chi connectivity index (χ4v) is 3.46. The van der Waals surface area contributed by atoms with Crippen molar-refractivity contribution in [1.82, 2.24) is 19.7 Å². The number of anilines is 1. The van der Waals surface area contributed by atoms with Crippen LogP contribution in [0.4, 0.5) is 19.0 Å². The number of aryl methyl sites for hydroxylation is 1. The number of thioether (sulfide) groups is 1. The number of carbonyl (C=O) groups excluding carboxylic acids is 1. The van der Waals surface area contributed by atoms with E-state index in [9.17, 15) is 18.0 Å². The second kappa shape index (κ2) is 6.66. The van der Waals surface area contributed by atoms with E-state index in [-0.39, 0.29) is 24.5 Å². The van der Waals surface area contributed by atoms with Gasteiger partial charge in [0, 0.05) is 25.0 Å². The maximum atomic E-state index is 13.3. The minimum atomic E-state index is -4.42. The summed E-state index contributed by atoms with van der Waals surface area (Å²) in [6.07, 6.45) is -1.78. The van der Waals surface area contributed by atoms with Crippen LogP contribution in [0.2, 0.25) is 0 Å². The molecule has 0 aromatic carbocycles. The maximum absolute atomic E-state index is 13.3. The summed E-state index contributed by atoms with van der Waals surface area (Å²) in [5.74, 6) is 0.367. The zero-order valence-corrected chi connectivity index (χ0v) is 14.4. The third-order valence-corrected chi connectivity index (χ3v) is 4.67. The van der Waals surface area contributed by atoms with Crippen LogP contribution in [0.3, 0.4) is 0 Å². The summed E-state index contributed by atoms with van der Waals surface area (Å²) in [6.45, 7) is 3.46. The molecule has 3 rings (SSSR count). The lowest BCUT2D eigenvalue weighted by Gasteiger charge is -2.33. The van der Waals surface area contributed by atoms with Crippen molar-refractivity contribution in [2.24, 2.45) is 0 Å². The van der Waals surface area contributed by atoms with E-state index < -0.39 is 18.1 Å². The Labute approximate surface area is 146 Å². The minimum absolute atomic E-state index is 0.0546. The number of halogens is 3. The van der Waals surface area contributed by atoms with Crippen molar-refractivity contribution in [3.63, 3.8) is 0 Å². The van der Waals surface area contributed by atoms with Crippen molar-refractivity contribution in [1.29, 1.82) is 0 Å². The van der Waals surface area contributed by atoms with Gasteiger partial charge in [-0.2, -0.15) is 18.3 Å². The molecule has 134 valence electrons. The van der Waals surface area contributed by atoms with Crippen molar-refractivity contribution < 1.29 is 18.0 Å². The maximum Gasteiger partial charge on any atom is 0.410 e. The molecule has 1 aliphatic heterocycles. The highest BCUT2D eigenvalue weighted by molar-refractivity contribution is 7.99. The Bertz CT molecular complexity index is 792. The molecule has 0 saturated carbocycles. The molecule has 0 bridgehead atoms. The Morgan fingerprint density at radius 1 is 1.36 bits per heavy atom.